The Hall–Kier alpha value is -1.40. The summed E-state index contributed by atoms with van der Waals surface area (Å²) >= 11 is 0. The van der Waals surface area contributed by atoms with Gasteiger partial charge in [0.1, 0.15) is 6.54 Å². The summed E-state index contributed by atoms with van der Waals surface area (Å²) in [5, 5.41) is 26.1. The SMILES string of the molecule is C=C(CC(=O)O)C(=O)[O-].C[N+](C)(C)CCO. The molecule has 16 heavy (non-hydrogen) atoms. The fourth-order valence-corrected chi connectivity index (χ4v) is 0.555. The van der Waals surface area contributed by atoms with Crippen molar-refractivity contribution in [2.24, 2.45) is 0 Å². The van der Waals surface area contributed by atoms with E-state index in [4.69, 9.17) is 10.2 Å². The number of aliphatic hydroxyl groups is 1. The van der Waals surface area contributed by atoms with E-state index in [1.807, 2.05) is 0 Å². The highest BCUT2D eigenvalue weighted by Gasteiger charge is 2.02. The first kappa shape index (κ1) is 17.0. The molecular weight excluding hydrogens is 214 g/mol. The molecule has 2 N–H and O–H groups in total. The van der Waals surface area contributed by atoms with Crippen LogP contribution < -0.4 is 5.11 Å². The van der Waals surface area contributed by atoms with Gasteiger partial charge in [0.25, 0.3) is 0 Å². The van der Waals surface area contributed by atoms with Crippen molar-refractivity contribution in [3.63, 3.8) is 0 Å². The maximum atomic E-state index is 9.76. The molecule has 0 aromatic rings. The Bertz CT molecular complexity index is 254. The number of quaternary nitrogens is 1. The third-order valence-electron chi connectivity index (χ3n) is 1.42. The summed E-state index contributed by atoms with van der Waals surface area (Å²) < 4.78 is 0.844. The van der Waals surface area contributed by atoms with Crippen molar-refractivity contribution in [2.45, 2.75) is 6.42 Å². The van der Waals surface area contributed by atoms with Crippen LogP contribution in [0.5, 0.6) is 0 Å². The number of nitrogens with zero attached hydrogens (tertiary/aromatic N) is 1. The van der Waals surface area contributed by atoms with Crippen LogP contribution >= 0.6 is 0 Å². The van der Waals surface area contributed by atoms with Gasteiger partial charge < -0.3 is 24.6 Å². The van der Waals surface area contributed by atoms with E-state index in [0.717, 1.165) is 11.0 Å². The monoisotopic (exact) mass is 233 g/mol. The summed E-state index contributed by atoms with van der Waals surface area (Å²) in [6, 6.07) is 0. The Morgan fingerprint density at radius 2 is 1.75 bits per heavy atom. The van der Waals surface area contributed by atoms with Crippen LogP contribution in [0.4, 0.5) is 0 Å². The van der Waals surface area contributed by atoms with Gasteiger partial charge in [-0.25, -0.2) is 0 Å². The van der Waals surface area contributed by atoms with Crippen LogP contribution in [0.25, 0.3) is 0 Å². The van der Waals surface area contributed by atoms with Crippen molar-refractivity contribution >= 4 is 11.9 Å². The minimum atomic E-state index is -1.52. The molecule has 0 saturated carbocycles. The van der Waals surface area contributed by atoms with E-state index < -0.39 is 23.9 Å². The zero-order valence-corrected chi connectivity index (χ0v) is 9.89. The molecule has 0 aliphatic heterocycles. The van der Waals surface area contributed by atoms with Crippen LogP contribution in [0.15, 0.2) is 12.2 Å². The van der Waals surface area contributed by atoms with Crippen LogP contribution in [0.2, 0.25) is 0 Å². The van der Waals surface area contributed by atoms with E-state index in [9.17, 15) is 14.7 Å². The molecule has 6 nitrogen and oxygen atoms in total. The quantitative estimate of drug-likeness (QED) is 0.442. The average Bonchev–Trinajstić information content (AvgIpc) is 2.01. The molecule has 0 saturated heterocycles. The molecule has 0 atom stereocenters. The summed E-state index contributed by atoms with van der Waals surface area (Å²) in [7, 11) is 6.16. The van der Waals surface area contributed by atoms with E-state index in [1.165, 1.54) is 0 Å². The fraction of sp³-hybridized carbons (Fsp3) is 0.600. The van der Waals surface area contributed by atoms with Gasteiger partial charge in [0.2, 0.25) is 0 Å². The van der Waals surface area contributed by atoms with Crippen molar-refractivity contribution in [1.82, 2.24) is 0 Å². The number of carboxylic acids is 2. The molecule has 0 bridgehead atoms. The highest BCUT2D eigenvalue weighted by molar-refractivity contribution is 5.89. The number of aliphatic hydroxyl groups excluding tert-OH is 1. The molecule has 0 heterocycles. The molecule has 0 aromatic heterocycles. The number of hydrogen-bond acceptors (Lipinski definition) is 4. The van der Waals surface area contributed by atoms with Crippen molar-refractivity contribution in [3.8, 4) is 0 Å². The lowest BCUT2D eigenvalue weighted by atomic mass is 10.2. The number of aliphatic carboxylic acids is 2. The standard InChI is InChI=1S/C5H14NO.C5H6O4/c1-6(2,3)4-5-7;1-3(5(8)9)2-4(6)7/h7H,4-5H2,1-3H3;1-2H2,(H,6,7)(H,8,9)/q+1;/p-1. The predicted octanol–water partition coefficient (Wildman–Crippen LogP) is -1.55. The van der Waals surface area contributed by atoms with Gasteiger partial charge in [0, 0.05) is 0 Å². The molecule has 0 amide bonds. The number of hydrogen-bond donors (Lipinski definition) is 2. The van der Waals surface area contributed by atoms with Crippen LogP contribution in [-0.2, 0) is 9.59 Å². The highest BCUT2D eigenvalue weighted by Crippen LogP contribution is 1.93. The topological polar surface area (TPSA) is 97.7 Å². The molecule has 6 heteroatoms. The Morgan fingerprint density at radius 3 is 1.81 bits per heavy atom. The summed E-state index contributed by atoms with van der Waals surface area (Å²) in [6.07, 6.45) is -0.567. The van der Waals surface area contributed by atoms with E-state index >= 15 is 0 Å². The molecule has 0 aliphatic carbocycles. The van der Waals surface area contributed by atoms with Crippen LogP contribution in [0.3, 0.4) is 0 Å². The third-order valence-corrected chi connectivity index (χ3v) is 1.42. The normalized spacial score (nSPS) is 10.0. The number of carbonyl (C=O) groups excluding carboxylic acids is 1. The van der Waals surface area contributed by atoms with E-state index in [2.05, 4.69) is 27.7 Å². The van der Waals surface area contributed by atoms with Crippen molar-refractivity contribution < 1.29 is 29.4 Å². The number of carboxylic acid groups (broad SMARTS) is 2. The minimum Gasteiger partial charge on any atom is -0.545 e. The Balaban J connectivity index is 0. The van der Waals surface area contributed by atoms with E-state index in [0.29, 0.717) is 0 Å². The number of likely N-dealkylation sites (N-methyl/N-ethyl adjacent to an activating group) is 1. The van der Waals surface area contributed by atoms with Crippen LogP contribution in [-0.4, -0.2) is 60.9 Å². The van der Waals surface area contributed by atoms with Crippen LogP contribution in [0.1, 0.15) is 6.42 Å². The second kappa shape index (κ2) is 7.84. The molecule has 0 aromatic carbocycles. The Labute approximate surface area is 95.0 Å². The molecule has 0 rings (SSSR count). The van der Waals surface area contributed by atoms with Crippen molar-refractivity contribution in [1.29, 1.82) is 0 Å². The summed E-state index contributed by atoms with van der Waals surface area (Å²) in [5.74, 6) is -2.73. The first-order valence-corrected chi connectivity index (χ1v) is 4.62. The molecular formula is C10H19NO5. The second-order valence-corrected chi connectivity index (χ2v) is 4.20. The first-order valence-electron chi connectivity index (χ1n) is 4.62. The minimum absolute atomic E-state index is 0.281. The zero-order chi connectivity index (χ0) is 13.4. The predicted molar refractivity (Wildman–Crippen MR) is 56.4 cm³/mol. The smallest absolute Gasteiger partial charge is 0.307 e. The Kier molecular flexibility index (Phi) is 8.33. The number of carbonyl (C=O) groups is 2. The van der Waals surface area contributed by atoms with Gasteiger partial charge >= 0.3 is 5.97 Å². The fourth-order valence-electron chi connectivity index (χ4n) is 0.555. The number of rotatable bonds is 5. The van der Waals surface area contributed by atoms with Gasteiger partial charge in [-0.05, 0) is 5.57 Å². The largest absolute Gasteiger partial charge is 0.545 e. The maximum absolute atomic E-state index is 9.76. The van der Waals surface area contributed by atoms with Gasteiger partial charge in [0.15, 0.2) is 0 Å². The van der Waals surface area contributed by atoms with Gasteiger partial charge in [0.05, 0.1) is 40.1 Å². The highest BCUT2D eigenvalue weighted by atomic mass is 16.4. The van der Waals surface area contributed by atoms with Crippen molar-refractivity contribution in [3.05, 3.63) is 12.2 Å². The molecule has 0 unspecified atom stereocenters. The van der Waals surface area contributed by atoms with Gasteiger partial charge in [-0.15, -0.1) is 0 Å². The van der Waals surface area contributed by atoms with E-state index in [1.54, 1.807) is 0 Å². The second-order valence-electron chi connectivity index (χ2n) is 4.20. The maximum Gasteiger partial charge on any atom is 0.307 e. The lowest BCUT2D eigenvalue weighted by molar-refractivity contribution is -0.870. The third kappa shape index (κ3) is 15.1. The summed E-state index contributed by atoms with van der Waals surface area (Å²) in [5.41, 5.74) is -0.414. The average molecular weight is 233 g/mol. The first-order chi connectivity index (χ1) is 7.10. The Morgan fingerprint density at radius 1 is 1.31 bits per heavy atom. The molecule has 0 spiro atoms. The van der Waals surface area contributed by atoms with Gasteiger partial charge in [-0.2, -0.15) is 0 Å². The van der Waals surface area contributed by atoms with Gasteiger partial charge in [-0.1, -0.05) is 6.58 Å². The molecule has 0 fully saturated rings. The summed E-state index contributed by atoms with van der Waals surface area (Å²) in [6.45, 7) is 4.07. The zero-order valence-electron chi connectivity index (χ0n) is 9.89. The van der Waals surface area contributed by atoms with Crippen molar-refractivity contribution in [2.75, 3.05) is 34.3 Å². The van der Waals surface area contributed by atoms with Gasteiger partial charge in [-0.3, -0.25) is 4.79 Å². The lowest BCUT2D eigenvalue weighted by Crippen LogP contribution is -2.36. The van der Waals surface area contributed by atoms with Crippen LogP contribution in [0, 0.1) is 0 Å². The van der Waals surface area contributed by atoms with E-state index in [-0.39, 0.29) is 6.61 Å². The molecule has 0 radical (unpaired) electrons. The summed E-state index contributed by atoms with van der Waals surface area (Å²) in [4.78, 5) is 19.5. The molecule has 94 valence electrons. The molecule has 0 aliphatic rings. The lowest BCUT2D eigenvalue weighted by Gasteiger charge is -2.21.